The predicted octanol–water partition coefficient (Wildman–Crippen LogP) is 3.15. The van der Waals surface area contributed by atoms with Gasteiger partial charge in [0.05, 0.1) is 18.3 Å². The zero-order valence-corrected chi connectivity index (χ0v) is 14.5. The van der Waals surface area contributed by atoms with Crippen molar-refractivity contribution in [2.75, 3.05) is 6.61 Å². The molecule has 1 saturated heterocycles. The molecule has 3 aromatic heterocycles. The normalized spacial score (nSPS) is 17.5. The molecule has 0 saturated carbocycles. The topological polar surface area (TPSA) is 74.3 Å². The lowest BCUT2D eigenvalue weighted by Gasteiger charge is -2.11. The molecule has 4 heterocycles. The van der Waals surface area contributed by atoms with Crippen LogP contribution in [0.1, 0.15) is 13.3 Å². The van der Waals surface area contributed by atoms with E-state index in [9.17, 15) is 9.59 Å². The molecule has 0 N–H and O–H groups in total. The molecule has 4 rings (SSSR count). The third-order valence-electron chi connectivity index (χ3n) is 3.90. The number of cyclic esters (lactones) is 1. The van der Waals surface area contributed by atoms with Gasteiger partial charge in [0.25, 0.3) is 5.56 Å². The third-order valence-corrected chi connectivity index (χ3v) is 6.00. The van der Waals surface area contributed by atoms with Crippen molar-refractivity contribution in [1.82, 2.24) is 9.55 Å². The second-order valence-electron chi connectivity index (χ2n) is 5.31. The van der Waals surface area contributed by atoms with Crippen LogP contribution in [-0.4, -0.2) is 27.4 Å². The fourth-order valence-electron chi connectivity index (χ4n) is 2.70. The summed E-state index contributed by atoms with van der Waals surface area (Å²) >= 11 is 2.71. The van der Waals surface area contributed by atoms with E-state index in [4.69, 9.17) is 9.15 Å². The number of hydrogen-bond donors (Lipinski definition) is 0. The van der Waals surface area contributed by atoms with Gasteiger partial charge in [-0.1, -0.05) is 11.8 Å². The van der Waals surface area contributed by atoms with Crippen LogP contribution in [0.3, 0.4) is 0 Å². The molecule has 24 heavy (non-hydrogen) atoms. The summed E-state index contributed by atoms with van der Waals surface area (Å²) in [5.74, 6) is 0.419. The van der Waals surface area contributed by atoms with Crippen LogP contribution in [0.5, 0.6) is 0 Å². The van der Waals surface area contributed by atoms with Crippen LogP contribution in [0.2, 0.25) is 0 Å². The first-order valence-corrected chi connectivity index (χ1v) is 9.34. The molecular weight excluding hydrogens is 348 g/mol. The Morgan fingerprint density at radius 1 is 1.46 bits per heavy atom. The zero-order valence-electron chi connectivity index (χ0n) is 12.9. The van der Waals surface area contributed by atoms with Gasteiger partial charge < -0.3 is 9.15 Å². The van der Waals surface area contributed by atoms with Gasteiger partial charge in [0.2, 0.25) is 0 Å². The molecule has 0 aliphatic carbocycles. The molecule has 8 heteroatoms. The second kappa shape index (κ2) is 6.10. The second-order valence-corrected chi connectivity index (χ2v) is 7.34. The largest absolute Gasteiger partial charge is 0.465 e. The molecule has 1 fully saturated rings. The summed E-state index contributed by atoms with van der Waals surface area (Å²) in [4.78, 5) is 30.0. The molecule has 1 atom stereocenters. The standard InChI is InChI=1S/C16H14N2O4S2/c1-2-18-14(19)12-9(10-4-3-6-21-10)8-23-13(12)17-16(18)24-11-5-7-22-15(11)20/h3-4,6,8,11H,2,5,7H2,1H3/t11-/m0/s1. The summed E-state index contributed by atoms with van der Waals surface area (Å²) in [7, 11) is 0. The molecule has 0 unspecified atom stereocenters. The molecule has 1 aliphatic heterocycles. The highest BCUT2D eigenvalue weighted by molar-refractivity contribution is 8.00. The van der Waals surface area contributed by atoms with Crippen LogP contribution < -0.4 is 5.56 Å². The number of carbonyl (C=O) groups excluding carboxylic acids is 1. The van der Waals surface area contributed by atoms with Crippen molar-refractivity contribution >= 4 is 39.3 Å². The predicted molar refractivity (Wildman–Crippen MR) is 92.5 cm³/mol. The van der Waals surface area contributed by atoms with Crippen molar-refractivity contribution in [3.63, 3.8) is 0 Å². The number of furan rings is 1. The lowest BCUT2D eigenvalue weighted by atomic mass is 10.2. The Bertz CT molecular complexity index is 959. The molecule has 0 aromatic carbocycles. The van der Waals surface area contributed by atoms with Crippen molar-refractivity contribution in [1.29, 1.82) is 0 Å². The highest BCUT2D eigenvalue weighted by Crippen LogP contribution is 2.34. The van der Waals surface area contributed by atoms with E-state index in [1.165, 1.54) is 23.1 Å². The Kier molecular flexibility index (Phi) is 3.93. The molecule has 1 aliphatic rings. The van der Waals surface area contributed by atoms with E-state index in [2.05, 4.69) is 4.98 Å². The third kappa shape index (κ3) is 2.46. The van der Waals surface area contributed by atoms with Crippen LogP contribution in [0.15, 0.2) is 38.1 Å². The van der Waals surface area contributed by atoms with Crippen molar-refractivity contribution < 1.29 is 13.9 Å². The number of aromatic nitrogens is 2. The summed E-state index contributed by atoms with van der Waals surface area (Å²) in [6.07, 6.45) is 2.23. The lowest BCUT2D eigenvalue weighted by Crippen LogP contribution is -2.23. The average Bonchev–Trinajstić information content (AvgIpc) is 3.29. The van der Waals surface area contributed by atoms with Crippen molar-refractivity contribution in [3.05, 3.63) is 34.1 Å². The van der Waals surface area contributed by atoms with E-state index >= 15 is 0 Å². The Hall–Kier alpha value is -2.06. The van der Waals surface area contributed by atoms with Crippen LogP contribution in [-0.2, 0) is 16.1 Å². The van der Waals surface area contributed by atoms with E-state index < -0.39 is 0 Å². The van der Waals surface area contributed by atoms with Gasteiger partial charge in [0.15, 0.2) is 5.16 Å². The Morgan fingerprint density at radius 3 is 3.00 bits per heavy atom. The SMILES string of the molecule is CCn1c(S[C@H]2CCOC2=O)nc2scc(-c3ccco3)c2c1=O. The van der Waals surface area contributed by atoms with Gasteiger partial charge in [-0.25, -0.2) is 4.98 Å². The number of hydrogen-bond acceptors (Lipinski definition) is 7. The smallest absolute Gasteiger partial charge is 0.319 e. The summed E-state index contributed by atoms with van der Waals surface area (Å²) < 4.78 is 12.0. The van der Waals surface area contributed by atoms with Gasteiger partial charge in [-0.2, -0.15) is 0 Å². The van der Waals surface area contributed by atoms with Crippen molar-refractivity contribution in [2.24, 2.45) is 0 Å². The number of fused-ring (bicyclic) bond motifs is 1. The summed E-state index contributed by atoms with van der Waals surface area (Å²) in [5, 5.41) is 2.72. The minimum Gasteiger partial charge on any atom is -0.465 e. The first-order valence-electron chi connectivity index (χ1n) is 7.58. The highest BCUT2D eigenvalue weighted by Gasteiger charge is 2.30. The van der Waals surface area contributed by atoms with E-state index in [0.717, 1.165) is 5.56 Å². The number of ether oxygens (including phenoxy) is 1. The molecule has 6 nitrogen and oxygen atoms in total. The Labute approximate surface area is 145 Å². The molecule has 0 amide bonds. The minimum atomic E-state index is -0.295. The van der Waals surface area contributed by atoms with Crippen LogP contribution in [0, 0.1) is 0 Å². The average molecular weight is 362 g/mol. The zero-order chi connectivity index (χ0) is 16.7. The number of thiophene rings is 1. The van der Waals surface area contributed by atoms with Gasteiger partial charge in [-0.05, 0) is 19.1 Å². The van der Waals surface area contributed by atoms with Crippen LogP contribution in [0.25, 0.3) is 21.5 Å². The van der Waals surface area contributed by atoms with Gasteiger partial charge in [0.1, 0.15) is 15.8 Å². The van der Waals surface area contributed by atoms with Crippen molar-refractivity contribution in [3.8, 4) is 11.3 Å². The molecule has 0 bridgehead atoms. The van der Waals surface area contributed by atoms with Gasteiger partial charge >= 0.3 is 5.97 Å². The summed E-state index contributed by atoms with van der Waals surface area (Å²) in [5.41, 5.74) is 0.653. The van der Waals surface area contributed by atoms with Crippen molar-refractivity contribution in [2.45, 2.75) is 30.3 Å². The van der Waals surface area contributed by atoms with Gasteiger partial charge in [-0.15, -0.1) is 11.3 Å². The summed E-state index contributed by atoms with van der Waals surface area (Å²) in [6.45, 7) is 2.81. The Balaban J connectivity index is 1.85. The number of esters is 1. The van der Waals surface area contributed by atoms with Gasteiger partial charge in [-0.3, -0.25) is 14.2 Å². The number of carbonyl (C=O) groups is 1. The maximum atomic E-state index is 13.0. The Morgan fingerprint density at radius 2 is 2.33 bits per heavy atom. The van der Waals surface area contributed by atoms with Crippen LogP contribution >= 0.6 is 23.1 Å². The molecule has 124 valence electrons. The maximum absolute atomic E-state index is 13.0. The number of thioether (sulfide) groups is 1. The van der Waals surface area contributed by atoms with E-state index in [1.807, 2.05) is 18.4 Å². The quantitative estimate of drug-likeness (QED) is 0.524. The minimum absolute atomic E-state index is 0.107. The van der Waals surface area contributed by atoms with Gasteiger partial charge in [0, 0.05) is 23.9 Å². The maximum Gasteiger partial charge on any atom is 0.319 e. The highest BCUT2D eigenvalue weighted by atomic mass is 32.2. The number of rotatable bonds is 4. The first kappa shape index (κ1) is 15.5. The van der Waals surface area contributed by atoms with Crippen LogP contribution in [0.4, 0.5) is 0 Å². The summed E-state index contributed by atoms with van der Waals surface area (Å²) in [6, 6.07) is 3.62. The molecule has 3 aromatic rings. The van der Waals surface area contributed by atoms with E-state index in [1.54, 1.807) is 16.9 Å². The molecule has 0 spiro atoms. The molecular formula is C16H14N2O4S2. The van der Waals surface area contributed by atoms with E-state index in [0.29, 0.717) is 40.7 Å². The monoisotopic (exact) mass is 362 g/mol. The number of nitrogens with zero attached hydrogens (tertiary/aromatic N) is 2. The lowest BCUT2D eigenvalue weighted by molar-refractivity contribution is -0.137. The fraction of sp³-hybridized carbons (Fsp3) is 0.312. The molecule has 0 radical (unpaired) electrons. The fourth-order valence-corrected chi connectivity index (χ4v) is 4.79. The van der Waals surface area contributed by atoms with E-state index in [-0.39, 0.29) is 16.8 Å². The first-order chi connectivity index (χ1) is 11.7.